The van der Waals surface area contributed by atoms with Crippen molar-refractivity contribution in [2.45, 2.75) is 26.8 Å². The number of rotatable bonds is 7. The second-order valence-corrected chi connectivity index (χ2v) is 5.60. The molecule has 7 nitrogen and oxygen atoms in total. The zero-order valence-corrected chi connectivity index (χ0v) is 12.3. The SMILES string of the molecule is CC(C)(CCO)CNC(=O)NCc1ccc([N+](=O)[O-])cc1. The summed E-state index contributed by atoms with van der Waals surface area (Å²) in [5, 5.41) is 24.8. The predicted octanol–water partition coefficient (Wildman–Crippen LogP) is 1.80. The van der Waals surface area contributed by atoms with Gasteiger partial charge in [0.25, 0.3) is 5.69 Å². The second kappa shape index (κ2) is 7.58. The molecule has 2 amide bonds. The molecular formula is C14H21N3O4. The summed E-state index contributed by atoms with van der Waals surface area (Å²) in [4.78, 5) is 21.7. The Labute approximate surface area is 123 Å². The van der Waals surface area contributed by atoms with Gasteiger partial charge in [0, 0.05) is 31.8 Å². The van der Waals surface area contributed by atoms with Crippen molar-refractivity contribution in [2.24, 2.45) is 5.41 Å². The van der Waals surface area contributed by atoms with E-state index in [1.54, 1.807) is 12.1 Å². The molecule has 1 aromatic rings. The fourth-order valence-electron chi connectivity index (χ4n) is 1.69. The zero-order chi connectivity index (χ0) is 15.9. The number of nitrogens with one attached hydrogen (secondary N) is 2. The fraction of sp³-hybridized carbons (Fsp3) is 0.500. The Morgan fingerprint density at radius 3 is 2.43 bits per heavy atom. The maximum Gasteiger partial charge on any atom is 0.315 e. The predicted molar refractivity (Wildman–Crippen MR) is 78.8 cm³/mol. The number of nitro benzene ring substituents is 1. The molecule has 0 saturated carbocycles. The highest BCUT2D eigenvalue weighted by molar-refractivity contribution is 5.73. The third-order valence-corrected chi connectivity index (χ3v) is 3.12. The van der Waals surface area contributed by atoms with Crippen LogP contribution in [0.4, 0.5) is 10.5 Å². The number of carbonyl (C=O) groups is 1. The molecule has 0 saturated heterocycles. The van der Waals surface area contributed by atoms with E-state index in [0.717, 1.165) is 5.56 Å². The number of hydrogen-bond acceptors (Lipinski definition) is 4. The van der Waals surface area contributed by atoms with Crippen LogP contribution in [0.1, 0.15) is 25.8 Å². The normalized spacial score (nSPS) is 11.0. The third kappa shape index (κ3) is 6.22. The molecule has 0 aliphatic heterocycles. The molecule has 0 aliphatic rings. The highest BCUT2D eigenvalue weighted by atomic mass is 16.6. The second-order valence-electron chi connectivity index (χ2n) is 5.60. The van der Waals surface area contributed by atoms with Gasteiger partial charge in [-0.3, -0.25) is 10.1 Å². The Morgan fingerprint density at radius 2 is 1.90 bits per heavy atom. The van der Waals surface area contributed by atoms with Gasteiger partial charge in [-0.25, -0.2) is 4.79 Å². The van der Waals surface area contributed by atoms with E-state index in [1.807, 2.05) is 13.8 Å². The molecule has 21 heavy (non-hydrogen) atoms. The molecule has 1 rings (SSSR count). The van der Waals surface area contributed by atoms with Gasteiger partial charge in [0.1, 0.15) is 0 Å². The van der Waals surface area contributed by atoms with Gasteiger partial charge in [-0.1, -0.05) is 26.0 Å². The minimum absolute atomic E-state index is 0.0222. The number of urea groups is 1. The van der Waals surface area contributed by atoms with Gasteiger partial charge in [-0.2, -0.15) is 0 Å². The molecule has 0 aliphatic carbocycles. The molecule has 3 N–H and O–H groups in total. The van der Waals surface area contributed by atoms with Crippen molar-refractivity contribution < 1.29 is 14.8 Å². The fourth-order valence-corrected chi connectivity index (χ4v) is 1.69. The van der Waals surface area contributed by atoms with E-state index in [1.165, 1.54) is 12.1 Å². The van der Waals surface area contributed by atoms with Gasteiger partial charge in [0.05, 0.1) is 4.92 Å². The van der Waals surface area contributed by atoms with Crippen LogP contribution in [0.15, 0.2) is 24.3 Å². The third-order valence-electron chi connectivity index (χ3n) is 3.12. The van der Waals surface area contributed by atoms with E-state index in [4.69, 9.17) is 5.11 Å². The number of benzene rings is 1. The van der Waals surface area contributed by atoms with Crippen LogP contribution in [0.2, 0.25) is 0 Å². The standard InChI is InChI=1S/C14H21N3O4/c1-14(2,7-8-18)10-16-13(19)15-9-11-3-5-12(6-4-11)17(20)21/h3-6,18H,7-10H2,1-2H3,(H2,15,16,19). The first kappa shape index (κ1) is 16.9. The topological polar surface area (TPSA) is 104 Å². The molecule has 7 heteroatoms. The molecular weight excluding hydrogens is 274 g/mol. The largest absolute Gasteiger partial charge is 0.396 e. The van der Waals surface area contributed by atoms with Crippen LogP contribution in [0, 0.1) is 15.5 Å². The first-order valence-electron chi connectivity index (χ1n) is 6.70. The van der Waals surface area contributed by atoms with Crippen LogP contribution < -0.4 is 10.6 Å². The van der Waals surface area contributed by atoms with Crippen LogP contribution in [0.3, 0.4) is 0 Å². The molecule has 0 bridgehead atoms. The molecule has 0 atom stereocenters. The lowest BCUT2D eigenvalue weighted by Crippen LogP contribution is -2.40. The smallest absolute Gasteiger partial charge is 0.315 e. The monoisotopic (exact) mass is 295 g/mol. The van der Waals surface area contributed by atoms with E-state index < -0.39 is 4.92 Å². The molecule has 116 valence electrons. The summed E-state index contributed by atoms with van der Waals surface area (Å²) in [6.07, 6.45) is 0.607. The number of amides is 2. The highest BCUT2D eigenvalue weighted by Gasteiger charge is 2.17. The number of aliphatic hydroxyl groups is 1. The van der Waals surface area contributed by atoms with E-state index >= 15 is 0 Å². The molecule has 0 unspecified atom stereocenters. The quantitative estimate of drug-likeness (QED) is 0.527. The minimum Gasteiger partial charge on any atom is -0.396 e. The van der Waals surface area contributed by atoms with E-state index in [9.17, 15) is 14.9 Å². The molecule has 0 aromatic heterocycles. The van der Waals surface area contributed by atoms with Crippen molar-refractivity contribution in [3.63, 3.8) is 0 Å². The van der Waals surface area contributed by atoms with Gasteiger partial charge in [-0.15, -0.1) is 0 Å². The zero-order valence-electron chi connectivity index (χ0n) is 12.3. The molecule has 0 heterocycles. The number of aliphatic hydroxyl groups excluding tert-OH is 1. The Bertz CT molecular complexity index is 485. The Hall–Kier alpha value is -2.15. The number of non-ortho nitro benzene ring substituents is 1. The van der Waals surface area contributed by atoms with E-state index in [2.05, 4.69) is 10.6 Å². The molecule has 0 fully saturated rings. The molecule has 0 radical (unpaired) electrons. The van der Waals surface area contributed by atoms with Crippen molar-refractivity contribution in [1.82, 2.24) is 10.6 Å². The Morgan fingerprint density at radius 1 is 1.29 bits per heavy atom. The first-order valence-corrected chi connectivity index (χ1v) is 6.70. The van der Waals surface area contributed by atoms with Crippen molar-refractivity contribution in [1.29, 1.82) is 0 Å². The lowest BCUT2D eigenvalue weighted by molar-refractivity contribution is -0.384. The Kier molecular flexibility index (Phi) is 6.10. The summed E-state index contributed by atoms with van der Waals surface area (Å²) in [6.45, 7) is 4.75. The average Bonchev–Trinajstić information content (AvgIpc) is 2.43. The van der Waals surface area contributed by atoms with Crippen LogP contribution in [-0.4, -0.2) is 29.2 Å². The summed E-state index contributed by atoms with van der Waals surface area (Å²) in [6, 6.07) is 5.71. The average molecular weight is 295 g/mol. The van der Waals surface area contributed by atoms with Crippen molar-refractivity contribution in [3.05, 3.63) is 39.9 Å². The highest BCUT2D eigenvalue weighted by Crippen LogP contribution is 2.17. The summed E-state index contributed by atoms with van der Waals surface area (Å²) < 4.78 is 0. The maximum atomic E-state index is 11.6. The number of nitrogens with zero attached hydrogens (tertiary/aromatic N) is 1. The summed E-state index contributed by atoms with van der Waals surface area (Å²) in [5.41, 5.74) is 0.638. The van der Waals surface area contributed by atoms with Crippen molar-refractivity contribution in [2.75, 3.05) is 13.2 Å². The van der Waals surface area contributed by atoms with Gasteiger partial charge in [0.2, 0.25) is 0 Å². The molecule has 1 aromatic carbocycles. The maximum absolute atomic E-state index is 11.6. The number of carbonyl (C=O) groups excluding carboxylic acids is 1. The number of hydrogen-bond donors (Lipinski definition) is 3. The van der Waals surface area contributed by atoms with Gasteiger partial charge in [-0.05, 0) is 17.4 Å². The van der Waals surface area contributed by atoms with Crippen LogP contribution >= 0.6 is 0 Å². The van der Waals surface area contributed by atoms with E-state index in [0.29, 0.717) is 19.5 Å². The molecule has 0 spiro atoms. The van der Waals surface area contributed by atoms with E-state index in [-0.39, 0.29) is 23.7 Å². The lowest BCUT2D eigenvalue weighted by Gasteiger charge is -2.23. The van der Waals surface area contributed by atoms with Crippen LogP contribution in [0.25, 0.3) is 0 Å². The Balaban J connectivity index is 2.37. The van der Waals surface area contributed by atoms with Gasteiger partial charge >= 0.3 is 6.03 Å². The van der Waals surface area contributed by atoms with Crippen molar-refractivity contribution >= 4 is 11.7 Å². The minimum atomic E-state index is -0.465. The van der Waals surface area contributed by atoms with Gasteiger partial charge in [0.15, 0.2) is 0 Å². The first-order chi connectivity index (χ1) is 9.84. The number of nitro groups is 1. The van der Waals surface area contributed by atoms with Crippen LogP contribution in [-0.2, 0) is 6.54 Å². The van der Waals surface area contributed by atoms with Crippen LogP contribution in [0.5, 0.6) is 0 Å². The summed E-state index contributed by atoms with van der Waals surface area (Å²) in [7, 11) is 0. The summed E-state index contributed by atoms with van der Waals surface area (Å²) >= 11 is 0. The van der Waals surface area contributed by atoms with Crippen molar-refractivity contribution in [3.8, 4) is 0 Å². The van der Waals surface area contributed by atoms with Gasteiger partial charge < -0.3 is 15.7 Å². The lowest BCUT2D eigenvalue weighted by atomic mass is 9.90. The summed E-state index contributed by atoms with van der Waals surface area (Å²) in [5.74, 6) is 0.